The Morgan fingerprint density at radius 3 is 2.21 bits per heavy atom. The van der Waals surface area contributed by atoms with E-state index in [1.165, 1.54) is 4.90 Å². The number of carbonyl (C=O) groups excluding carboxylic acids is 2. The second-order valence-electron chi connectivity index (χ2n) is 10.4. The van der Waals surface area contributed by atoms with Crippen molar-refractivity contribution < 1.29 is 35.9 Å². The lowest BCUT2D eigenvalue weighted by Gasteiger charge is -2.50. The summed E-state index contributed by atoms with van der Waals surface area (Å²) in [7, 11) is 2.97. The second kappa shape index (κ2) is 11.3. The van der Waals surface area contributed by atoms with Gasteiger partial charge in [0.2, 0.25) is 5.56 Å². The van der Waals surface area contributed by atoms with Gasteiger partial charge in [-0.15, -0.1) is 0 Å². The first-order valence-corrected chi connectivity index (χ1v) is 12.9. The van der Waals surface area contributed by atoms with Crippen molar-refractivity contribution in [3.05, 3.63) is 87.0 Å². The predicted molar refractivity (Wildman–Crippen MR) is 142 cm³/mol. The Morgan fingerprint density at radius 2 is 1.67 bits per heavy atom. The van der Waals surface area contributed by atoms with Crippen LogP contribution in [0.15, 0.2) is 58.9 Å². The fraction of sp³-hybridized carbons (Fsp3) is 0.393. The van der Waals surface area contributed by atoms with E-state index < -0.39 is 63.6 Å². The first kappa shape index (κ1) is 30.9. The fourth-order valence-electron chi connectivity index (χ4n) is 5.39. The van der Waals surface area contributed by atoms with Crippen molar-refractivity contribution in [3.63, 3.8) is 0 Å². The number of carbonyl (C=O) groups is 2. The van der Waals surface area contributed by atoms with Crippen LogP contribution in [0.1, 0.15) is 35.3 Å². The number of aromatic nitrogens is 1. The van der Waals surface area contributed by atoms with Crippen LogP contribution < -0.4 is 16.2 Å². The zero-order chi connectivity index (χ0) is 31.1. The summed E-state index contributed by atoms with van der Waals surface area (Å²) in [6, 6.07) is 3.84. The number of nitrogens with one attached hydrogen (secondary N) is 3. The van der Waals surface area contributed by atoms with E-state index in [0.29, 0.717) is 6.20 Å². The van der Waals surface area contributed by atoms with Gasteiger partial charge >= 0.3 is 6.18 Å². The zero-order valence-electron chi connectivity index (χ0n) is 23.1. The summed E-state index contributed by atoms with van der Waals surface area (Å²) in [5.41, 5.74) is -7.82. The van der Waals surface area contributed by atoms with Crippen molar-refractivity contribution in [1.82, 2.24) is 25.4 Å². The number of piperazine rings is 1. The monoisotopic (exact) mass is 597 g/mol. The number of nitrogens with zero attached hydrogens (tertiary/aromatic N) is 2. The van der Waals surface area contributed by atoms with E-state index in [4.69, 9.17) is 0 Å². The molecule has 0 saturated carbocycles. The highest BCUT2D eigenvalue weighted by atomic mass is 19.4. The van der Waals surface area contributed by atoms with Crippen LogP contribution in [0.3, 0.4) is 0 Å². The number of allylic oxidation sites excluding steroid dienone is 2. The van der Waals surface area contributed by atoms with E-state index >= 15 is 8.78 Å². The summed E-state index contributed by atoms with van der Waals surface area (Å²) in [5.74, 6) is -4.55. The van der Waals surface area contributed by atoms with Gasteiger partial charge in [0.05, 0.1) is 16.8 Å². The lowest BCUT2D eigenvalue weighted by molar-refractivity contribution is -0.138. The maximum absolute atomic E-state index is 17.0. The van der Waals surface area contributed by atoms with Crippen molar-refractivity contribution >= 4 is 17.4 Å². The molecule has 1 fully saturated rings. The minimum absolute atomic E-state index is 0.152. The highest BCUT2D eigenvalue weighted by Crippen LogP contribution is 2.44. The Kier molecular flexibility index (Phi) is 8.31. The van der Waals surface area contributed by atoms with Gasteiger partial charge in [0, 0.05) is 50.1 Å². The maximum Gasteiger partial charge on any atom is 0.417 e. The van der Waals surface area contributed by atoms with Crippen LogP contribution in [0.5, 0.6) is 0 Å². The van der Waals surface area contributed by atoms with Gasteiger partial charge in [-0.05, 0) is 44.7 Å². The molecule has 2 amide bonds. The van der Waals surface area contributed by atoms with Crippen LogP contribution in [-0.2, 0) is 11.0 Å². The predicted octanol–water partition coefficient (Wildman–Crippen LogP) is 3.39. The van der Waals surface area contributed by atoms with Crippen LogP contribution in [0.4, 0.5) is 26.3 Å². The number of pyridine rings is 1. The second-order valence-corrected chi connectivity index (χ2v) is 10.4. The molecular formula is C28H29F6N5O3. The minimum atomic E-state index is -5.16. The Balaban J connectivity index is 1.95. The Morgan fingerprint density at radius 1 is 1.07 bits per heavy atom. The van der Waals surface area contributed by atoms with E-state index in [0.717, 1.165) is 37.4 Å². The van der Waals surface area contributed by atoms with Crippen molar-refractivity contribution in [2.75, 3.05) is 27.2 Å². The normalized spacial score (nSPS) is 25.2. The number of halogens is 6. The number of alkyl halides is 4. The molecule has 3 N–H and O–H groups in total. The van der Waals surface area contributed by atoms with Crippen LogP contribution in [0.25, 0.3) is 5.57 Å². The molecule has 0 spiro atoms. The lowest BCUT2D eigenvalue weighted by Crippen LogP contribution is -2.70. The molecule has 1 aromatic carbocycles. The Bertz CT molecular complexity index is 1490. The van der Waals surface area contributed by atoms with Gasteiger partial charge in [-0.3, -0.25) is 19.3 Å². The lowest BCUT2D eigenvalue weighted by atomic mass is 9.76. The number of aromatic amines is 1. The number of rotatable bonds is 5. The van der Waals surface area contributed by atoms with E-state index in [2.05, 4.69) is 10.6 Å². The molecule has 4 rings (SSSR count). The van der Waals surface area contributed by atoms with E-state index in [1.54, 1.807) is 0 Å². The minimum Gasteiger partial charge on any atom is -0.369 e. The number of benzene rings is 1. The summed E-state index contributed by atoms with van der Waals surface area (Å²) >= 11 is 0. The number of hydrogen-bond donors (Lipinski definition) is 3. The van der Waals surface area contributed by atoms with E-state index in [1.807, 2.05) is 30.8 Å². The number of H-pyrrole nitrogens is 1. The van der Waals surface area contributed by atoms with Crippen LogP contribution >= 0.6 is 0 Å². The topological polar surface area (TPSA) is 97.5 Å². The Hall–Kier alpha value is -4.07. The molecule has 8 nitrogen and oxygen atoms in total. The highest BCUT2D eigenvalue weighted by molar-refractivity contribution is 6.04. The molecule has 14 heteroatoms. The summed E-state index contributed by atoms with van der Waals surface area (Å²) in [6.45, 7) is 3.98. The van der Waals surface area contributed by atoms with Crippen LogP contribution in [-0.4, -0.2) is 77.6 Å². The molecule has 2 aliphatic rings. The van der Waals surface area contributed by atoms with Gasteiger partial charge in [0.15, 0.2) is 11.7 Å². The van der Waals surface area contributed by atoms with Crippen molar-refractivity contribution in [1.29, 1.82) is 0 Å². The Labute approximate surface area is 237 Å². The molecule has 1 aromatic heterocycles. The first-order chi connectivity index (χ1) is 19.6. The van der Waals surface area contributed by atoms with Gasteiger partial charge in [-0.25, -0.2) is 13.2 Å². The van der Waals surface area contributed by atoms with Gasteiger partial charge in [0.1, 0.15) is 11.6 Å². The molecule has 0 bridgehead atoms. The molecular weight excluding hydrogens is 568 g/mol. The van der Waals surface area contributed by atoms with Gasteiger partial charge < -0.3 is 20.5 Å². The molecule has 2 aromatic rings. The third kappa shape index (κ3) is 5.42. The summed E-state index contributed by atoms with van der Waals surface area (Å²) in [5, 5.41) is 4.41. The summed E-state index contributed by atoms with van der Waals surface area (Å²) in [4.78, 5) is 44.4. The smallest absolute Gasteiger partial charge is 0.369 e. The van der Waals surface area contributed by atoms with Crippen LogP contribution in [0.2, 0.25) is 0 Å². The summed E-state index contributed by atoms with van der Waals surface area (Å²) < 4.78 is 87.9. The maximum atomic E-state index is 17.0. The number of amides is 2. The summed E-state index contributed by atoms with van der Waals surface area (Å²) in [6.07, 6.45) is -6.47. The van der Waals surface area contributed by atoms with Gasteiger partial charge in [-0.2, -0.15) is 13.2 Å². The molecule has 0 radical (unpaired) electrons. The SMILES string of the molecule is CNC(=O)C1(NC(=O)c2c[nH]c(=O)cc2C(F)(F)F)C(N2C[C@@H](C)N(C)[C@@H](C)C2)=CC(F)=C(c2ccc(F)cc2)C1F. The van der Waals surface area contributed by atoms with Gasteiger partial charge in [0.25, 0.3) is 11.8 Å². The molecule has 226 valence electrons. The average Bonchev–Trinajstić information content (AvgIpc) is 2.92. The third-order valence-corrected chi connectivity index (χ3v) is 7.78. The first-order valence-electron chi connectivity index (χ1n) is 12.9. The third-order valence-electron chi connectivity index (χ3n) is 7.78. The zero-order valence-corrected chi connectivity index (χ0v) is 23.1. The van der Waals surface area contributed by atoms with Crippen molar-refractivity contribution in [2.45, 2.75) is 43.8 Å². The van der Waals surface area contributed by atoms with Crippen LogP contribution in [0, 0.1) is 5.82 Å². The van der Waals surface area contributed by atoms with Crippen molar-refractivity contribution in [3.8, 4) is 0 Å². The molecule has 1 saturated heterocycles. The standard InChI is InChI=1S/C28H29F6N5O3/c1-14-12-39(13-15(2)38(14)4)21-10-20(30)23(16-5-7-17(29)8-6-16)24(31)27(21,26(42)35-3)37-25(41)18-11-36-22(40)9-19(18)28(32,33)34/h5-11,14-15,24H,12-13H2,1-4H3,(H,35,42)(H,36,40)(H,37,41)/t14-,15+,24?,27?. The molecule has 1 aliphatic carbocycles. The number of hydrogen-bond acceptors (Lipinski definition) is 5. The van der Waals surface area contributed by atoms with E-state index in [9.17, 15) is 31.9 Å². The molecule has 1 aliphatic heterocycles. The highest BCUT2D eigenvalue weighted by Gasteiger charge is 2.57. The quantitative estimate of drug-likeness (QED) is 0.460. The van der Waals surface area contributed by atoms with Gasteiger partial charge in [-0.1, -0.05) is 12.1 Å². The fourth-order valence-corrected chi connectivity index (χ4v) is 5.39. The average molecular weight is 598 g/mol. The van der Waals surface area contributed by atoms with Crippen molar-refractivity contribution in [2.24, 2.45) is 0 Å². The molecule has 2 heterocycles. The molecule has 4 atom stereocenters. The largest absolute Gasteiger partial charge is 0.417 e. The number of likely N-dealkylation sites (N-methyl/N-ethyl adjacent to an activating group) is 2. The van der Waals surface area contributed by atoms with E-state index in [-0.39, 0.29) is 42.5 Å². The molecule has 42 heavy (non-hydrogen) atoms. The molecule has 2 unspecified atom stereocenters.